The lowest BCUT2D eigenvalue weighted by molar-refractivity contribution is -0.132. The Bertz CT molecular complexity index is 424. The van der Waals surface area contributed by atoms with Gasteiger partial charge in [-0.25, -0.2) is 0 Å². The SMILES string of the molecule is CC1SCCN(C(=O)Cc2ccc(N)cc2)C1C.Cl. The highest BCUT2D eigenvalue weighted by Gasteiger charge is 2.28. The molecule has 1 amide bonds. The zero-order valence-corrected chi connectivity index (χ0v) is 13.0. The smallest absolute Gasteiger partial charge is 0.227 e. The minimum absolute atomic E-state index is 0. The van der Waals surface area contributed by atoms with Crippen LogP contribution in [0.25, 0.3) is 0 Å². The number of anilines is 1. The van der Waals surface area contributed by atoms with Crippen LogP contribution < -0.4 is 5.73 Å². The van der Waals surface area contributed by atoms with E-state index in [9.17, 15) is 4.79 Å². The standard InChI is InChI=1S/C14H20N2OS.ClH/c1-10-11(2)18-8-7-16(10)14(17)9-12-3-5-13(15)6-4-12;/h3-6,10-11H,7-9,15H2,1-2H3;1H. The summed E-state index contributed by atoms with van der Waals surface area (Å²) in [4.78, 5) is 14.3. The number of carbonyl (C=O) groups excluding carboxylic acids is 1. The van der Waals surface area contributed by atoms with Crippen LogP contribution in [0.15, 0.2) is 24.3 Å². The van der Waals surface area contributed by atoms with Crippen molar-refractivity contribution in [3.8, 4) is 0 Å². The lowest BCUT2D eigenvalue weighted by Gasteiger charge is -2.37. The number of hydrogen-bond donors (Lipinski definition) is 1. The Morgan fingerprint density at radius 2 is 2.00 bits per heavy atom. The summed E-state index contributed by atoms with van der Waals surface area (Å²) in [6.45, 7) is 5.19. The first kappa shape index (κ1) is 16.2. The van der Waals surface area contributed by atoms with Crippen LogP contribution in [0.2, 0.25) is 0 Å². The Balaban J connectivity index is 0.00000180. The third-order valence-corrected chi connectivity index (χ3v) is 4.88. The molecule has 2 rings (SSSR count). The van der Waals surface area contributed by atoms with Crippen molar-refractivity contribution in [2.75, 3.05) is 18.0 Å². The highest BCUT2D eigenvalue weighted by atomic mass is 35.5. The average molecular weight is 301 g/mol. The molecule has 1 aliphatic rings. The summed E-state index contributed by atoms with van der Waals surface area (Å²) in [6.07, 6.45) is 0.474. The first-order valence-corrected chi connectivity index (χ1v) is 7.38. The summed E-state index contributed by atoms with van der Waals surface area (Å²) >= 11 is 1.95. The van der Waals surface area contributed by atoms with Crippen LogP contribution in [0.3, 0.4) is 0 Å². The third kappa shape index (κ3) is 4.05. The molecule has 5 heteroatoms. The summed E-state index contributed by atoms with van der Waals surface area (Å²) in [5, 5.41) is 0.522. The van der Waals surface area contributed by atoms with E-state index in [-0.39, 0.29) is 18.3 Å². The van der Waals surface area contributed by atoms with Gasteiger partial charge in [0.15, 0.2) is 0 Å². The third-order valence-electron chi connectivity index (χ3n) is 3.54. The van der Waals surface area contributed by atoms with Gasteiger partial charge in [-0.05, 0) is 24.6 Å². The Hall–Kier alpha value is -0.870. The molecule has 3 nitrogen and oxygen atoms in total. The second kappa shape index (κ2) is 7.06. The number of benzene rings is 1. The second-order valence-electron chi connectivity index (χ2n) is 4.82. The number of nitrogens with two attached hydrogens (primary N) is 1. The molecule has 19 heavy (non-hydrogen) atoms. The van der Waals surface area contributed by atoms with Crippen LogP contribution in [-0.4, -0.2) is 34.4 Å². The van der Waals surface area contributed by atoms with Crippen LogP contribution in [-0.2, 0) is 11.2 Å². The van der Waals surface area contributed by atoms with Crippen LogP contribution in [0, 0.1) is 0 Å². The van der Waals surface area contributed by atoms with Gasteiger partial charge in [-0.2, -0.15) is 11.8 Å². The van der Waals surface area contributed by atoms with E-state index in [1.54, 1.807) is 0 Å². The molecule has 1 fully saturated rings. The summed E-state index contributed by atoms with van der Waals surface area (Å²) in [6, 6.07) is 7.88. The highest BCUT2D eigenvalue weighted by Crippen LogP contribution is 2.24. The Morgan fingerprint density at radius 3 is 2.63 bits per heavy atom. The molecular weight excluding hydrogens is 280 g/mol. The molecule has 106 valence electrons. The van der Waals surface area contributed by atoms with Gasteiger partial charge >= 0.3 is 0 Å². The minimum Gasteiger partial charge on any atom is -0.399 e. The number of halogens is 1. The van der Waals surface area contributed by atoms with Crippen molar-refractivity contribution in [1.82, 2.24) is 4.90 Å². The predicted octanol–water partition coefficient (Wildman–Crippen LogP) is 2.59. The number of amides is 1. The minimum atomic E-state index is 0. The first-order chi connectivity index (χ1) is 8.58. The largest absolute Gasteiger partial charge is 0.399 e. The average Bonchev–Trinajstić information content (AvgIpc) is 2.35. The molecule has 2 atom stereocenters. The van der Waals surface area contributed by atoms with Gasteiger partial charge in [0.2, 0.25) is 5.91 Å². The van der Waals surface area contributed by atoms with E-state index in [0.29, 0.717) is 17.7 Å². The fraction of sp³-hybridized carbons (Fsp3) is 0.500. The van der Waals surface area contributed by atoms with E-state index in [4.69, 9.17) is 5.73 Å². The molecule has 0 aliphatic carbocycles. The summed E-state index contributed by atoms with van der Waals surface area (Å²) in [5.74, 6) is 1.26. The van der Waals surface area contributed by atoms with Gasteiger partial charge in [-0.15, -0.1) is 12.4 Å². The molecular formula is C14H21ClN2OS. The van der Waals surface area contributed by atoms with Crippen molar-refractivity contribution in [1.29, 1.82) is 0 Å². The van der Waals surface area contributed by atoms with Crippen molar-refractivity contribution < 1.29 is 4.79 Å². The maximum Gasteiger partial charge on any atom is 0.227 e. The Labute approximate surface area is 125 Å². The highest BCUT2D eigenvalue weighted by molar-refractivity contribution is 8.00. The molecule has 2 unspecified atom stereocenters. The lowest BCUT2D eigenvalue weighted by atomic mass is 10.1. The van der Waals surface area contributed by atoms with Crippen molar-refractivity contribution >= 4 is 35.8 Å². The monoisotopic (exact) mass is 300 g/mol. The van der Waals surface area contributed by atoms with Gasteiger partial charge in [0.1, 0.15) is 0 Å². The molecule has 1 aliphatic heterocycles. The van der Waals surface area contributed by atoms with E-state index >= 15 is 0 Å². The van der Waals surface area contributed by atoms with Crippen molar-refractivity contribution in [3.05, 3.63) is 29.8 Å². The van der Waals surface area contributed by atoms with Crippen molar-refractivity contribution in [3.63, 3.8) is 0 Å². The molecule has 1 aromatic carbocycles. The summed E-state index contributed by atoms with van der Waals surface area (Å²) in [5.41, 5.74) is 7.42. The van der Waals surface area contributed by atoms with Crippen LogP contribution in [0.1, 0.15) is 19.4 Å². The zero-order chi connectivity index (χ0) is 13.1. The summed E-state index contributed by atoms with van der Waals surface area (Å²) in [7, 11) is 0. The lowest BCUT2D eigenvalue weighted by Crippen LogP contribution is -2.48. The van der Waals surface area contributed by atoms with E-state index < -0.39 is 0 Å². The first-order valence-electron chi connectivity index (χ1n) is 6.33. The van der Waals surface area contributed by atoms with E-state index in [1.807, 2.05) is 40.9 Å². The topological polar surface area (TPSA) is 46.3 Å². The molecule has 1 heterocycles. The predicted molar refractivity (Wildman–Crippen MR) is 84.9 cm³/mol. The molecule has 1 saturated heterocycles. The number of rotatable bonds is 2. The van der Waals surface area contributed by atoms with Crippen molar-refractivity contribution in [2.24, 2.45) is 0 Å². The number of nitrogen functional groups attached to an aromatic ring is 1. The zero-order valence-electron chi connectivity index (χ0n) is 11.3. The molecule has 0 saturated carbocycles. The molecule has 0 aromatic heterocycles. The van der Waals surface area contributed by atoms with Gasteiger partial charge in [-0.1, -0.05) is 19.1 Å². The van der Waals surface area contributed by atoms with Gasteiger partial charge in [0, 0.05) is 29.3 Å². The number of thioether (sulfide) groups is 1. The number of carbonyl (C=O) groups is 1. The maximum absolute atomic E-state index is 12.3. The number of hydrogen-bond acceptors (Lipinski definition) is 3. The molecule has 0 bridgehead atoms. The Morgan fingerprint density at radius 1 is 1.37 bits per heavy atom. The Kier molecular flexibility index (Phi) is 6.01. The van der Waals surface area contributed by atoms with E-state index in [1.165, 1.54) is 0 Å². The maximum atomic E-state index is 12.3. The van der Waals surface area contributed by atoms with Gasteiger partial charge in [-0.3, -0.25) is 4.79 Å². The molecule has 0 spiro atoms. The fourth-order valence-electron chi connectivity index (χ4n) is 2.20. The van der Waals surface area contributed by atoms with Gasteiger partial charge < -0.3 is 10.6 Å². The number of nitrogens with zero attached hydrogens (tertiary/aromatic N) is 1. The fourth-order valence-corrected chi connectivity index (χ4v) is 3.30. The second-order valence-corrected chi connectivity index (χ2v) is 6.31. The molecule has 0 radical (unpaired) electrons. The van der Waals surface area contributed by atoms with Gasteiger partial charge in [0.05, 0.1) is 6.42 Å². The van der Waals surface area contributed by atoms with Gasteiger partial charge in [0.25, 0.3) is 0 Å². The van der Waals surface area contributed by atoms with E-state index in [2.05, 4.69) is 13.8 Å². The molecule has 2 N–H and O–H groups in total. The molecule has 1 aromatic rings. The quantitative estimate of drug-likeness (QED) is 0.854. The van der Waals surface area contributed by atoms with Crippen LogP contribution >= 0.6 is 24.2 Å². The summed E-state index contributed by atoms with van der Waals surface area (Å²) < 4.78 is 0. The van der Waals surface area contributed by atoms with Crippen LogP contribution in [0.4, 0.5) is 5.69 Å². The van der Waals surface area contributed by atoms with Crippen molar-refractivity contribution in [2.45, 2.75) is 31.6 Å². The van der Waals surface area contributed by atoms with E-state index in [0.717, 1.165) is 23.5 Å². The normalized spacial score (nSPS) is 22.7. The van der Waals surface area contributed by atoms with Crippen LogP contribution in [0.5, 0.6) is 0 Å².